The van der Waals surface area contributed by atoms with E-state index in [0.29, 0.717) is 48.7 Å². The Bertz CT molecular complexity index is 1070. The molecule has 150 valence electrons. The molecule has 2 aliphatic heterocycles. The second-order valence-corrected chi connectivity index (χ2v) is 7.28. The SMILES string of the molecule is Cn1cc(Nc2ncc3cc(C#N)n([C@H]4CCCOC4)c3n2)c(OC2COC2)n1. The quantitative estimate of drug-likeness (QED) is 0.697. The van der Waals surface area contributed by atoms with Crippen molar-refractivity contribution in [2.75, 3.05) is 31.7 Å². The number of aromatic nitrogens is 5. The lowest BCUT2D eigenvalue weighted by Crippen LogP contribution is -2.38. The summed E-state index contributed by atoms with van der Waals surface area (Å²) >= 11 is 0. The van der Waals surface area contributed by atoms with Crippen LogP contribution in [-0.2, 0) is 16.5 Å². The van der Waals surface area contributed by atoms with Crippen LogP contribution in [0, 0.1) is 11.3 Å². The number of anilines is 2. The first-order chi connectivity index (χ1) is 14.2. The second kappa shape index (κ2) is 7.35. The van der Waals surface area contributed by atoms with Crippen molar-refractivity contribution in [2.24, 2.45) is 7.05 Å². The molecule has 0 aromatic carbocycles. The number of ether oxygens (including phenoxy) is 3. The van der Waals surface area contributed by atoms with E-state index in [1.807, 2.05) is 23.9 Å². The lowest BCUT2D eigenvalue weighted by atomic mass is 10.1. The molecule has 0 bridgehead atoms. The molecule has 3 aromatic rings. The Morgan fingerprint density at radius 2 is 2.21 bits per heavy atom. The monoisotopic (exact) mass is 395 g/mol. The number of aryl methyl sites for hydroxylation is 1. The molecule has 0 spiro atoms. The topological polar surface area (TPSA) is 112 Å². The fourth-order valence-corrected chi connectivity index (χ4v) is 3.65. The minimum atomic E-state index is 0.00979. The highest BCUT2D eigenvalue weighted by molar-refractivity contribution is 5.79. The van der Waals surface area contributed by atoms with Crippen LogP contribution in [0.15, 0.2) is 18.5 Å². The van der Waals surface area contributed by atoms with Crippen molar-refractivity contribution in [3.63, 3.8) is 0 Å². The van der Waals surface area contributed by atoms with E-state index >= 15 is 0 Å². The summed E-state index contributed by atoms with van der Waals surface area (Å²) in [7, 11) is 1.83. The number of rotatable bonds is 5. The summed E-state index contributed by atoms with van der Waals surface area (Å²) in [5.74, 6) is 0.902. The highest BCUT2D eigenvalue weighted by Crippen LogP contribution is 2.30. The van der Waals surface area contributed by atoms with Gasteiger partial charge in [-0.25, -0.2) is 4.98 Å². The number of nitriles is 1. The first-order valence-electron chi connectivity index (χ1n) is 9.62. The molecular weight excluding hydrogens is 374 g/mol. The molecule has 0 saturated carbocycles. The summed E-state index contributed by atoms with van der Waals surface area (Å²) in [6.45, 7) is 2.46. The summed E-state index contributed by atoms with van der Waals surface area (Å²) in [5.41, 5.74) is 1.96. The van der Waals surface area contributed by atoms with Gasteiger partial charge in [0, 0.05) is 25.2 Å². The number of nitrogens with zero attached hydrogens (tertiary/aromatic N) is 6. The molecule has 0 aliphatic carbocycles. The maximum atomic E-state index is 9.59. The highest BCUT2D eigenvalue weighted by atomic mass is 16.6. The fraction of sp³-hybridized carbons (Fsp3) is 0.474. The van der Waals surface area contributed by atoms with Crippen LogP contribution >= 0.6 is 0 Å². The highest BCUT2D eigenvalue weighted by Gasteiger charge is 2.24. The minimum Gasteiger partial charge on any atom is -0.467 e. The molecule has 2 fully saturated rings. The van der Waals surface area contributed by atoms with Crippen LogP contribution in [0.5, 0.6) is 5.88 Å². The molecule has 1 atom stereocenters. The molecule has 3 aromatic heterocycles. The Hall–Kier alpha value is -3.16. The summed E-state index contributed by atoms with van der Waals surface area (Å²) in [4.78, 5) is 9.10. The van der Waals surface area contributed by atoms with E-state index in [0.717, 1.165) is 24.8 Å². The van der Waals surface area contributed by atoms with Crippen LogP contribution in [0.4, 0.5) is 11.6 Å². The van der Waals surface area contributed by atoms with Gasteiger partial charge in [0.1, 0.15) is 29.2 Å². The van der Waals surface area contributed by atoms with E-state index in [1.165, 1.54) is 0 Å². The first kappa shape index (κ1) is 17.9. The third-order valence-electron chi connectivity index (χ3n) is 5.12. The van der Waals surface area contributed by atoms with Crippen molar-refractivity contribution in [3.8, 4) is 11.9 Å². The molecule has 1 N–H and O–H groups in total. The molecule has 0 radical (unpaired) electrons. The standard InChI is InChI=1S/C19H21N7O3/c1-25-8-16(18(24-25)29-15-10-28-11-15)22-19-21-7-12-5-14(6-20)26(17(12)23-19)13-3-2-4-27-9-13/h5,7-8,13,15H,2-4,9-11H2,1H3,(H,21,22,23)/t13-/m0/s1. The predicted molar refractivity (Wildman–Crippen MR) is 103 cm³/mol. The van der Waals surface area contributed by atoms with E-state index in [4.69, 9.17) is 19.2 Å². The van der Waals surface area contributed by atoms with Crippen molar-refractivity contribution in [1.29, 1.82) is 5.26 Å². The lowest BCUT2D eigenvalue weighted by Gasteiger charge is -2.26. The van der Waals surface area contributed by atoms with Gasteiger partial charge < -0.3 is 24.1 Å². The average Bonchev–Trinajstić information content (AvgIpc) is 3.24. The lowest BCUT2D eigenvalue weighted by molar-refractivity contribution is -0.0812. The maximum Gasteiger partial charge on any atom is 0.257 e. The Balaban J connectivity index is 1.48. The number of nitrogens with one attached hydrogen (secondary N) is 1. The summed E-state index contributed by atoms with van der Waals surface area (Å²) in [5, 5.41) is 18.0. The smallest absolute Gasteiger partial charge is 0.257 e. The van der Waals surface area contributed by atoms with Gasteiger partial charge in [0.05, 0.1) is 32.1 Å². The molecule has 0 unspecified atom stereocenters. The first-order valence-corrected chi connectivity index (χ1v) is 9.62. The van der Waals surface area contributed by atoms with E-state index < -0.39 is 0 Å². The molecule has 10 nitrogen and oxygen atoms in total. The number of fused-ring (bicyclic) bond motifs is 1. The summed E-state index contributed by atoms with van der Waals surface area (Å²) in [6, 6.07) is 4.19. The zero-order chi connectivity index (χ0) is 19.8. The Labute approximate surface area is 167 Å². The molecule has 5 heterocycles. The van der Waals surface area contributed by atoms with Crippen LogP contribution in [0.25, 0.3) is 11.0 Å². The molecule has 0 amide bonds. The van der Waals surface area contributed by atoms with E-state index in [-0.39, 0.29) is 12.1 Å². The van der Waals surface area contributed by atoms with Gasteiger partial charge in [-0.05, 0) is 18.9 Å². The second-order valence-electron chi connectivity index (χ2n) is 7.28. The molecule has 2 saturated heterocycles. The van der Waals surface area contributed by atoms with Crippen LogP contribution in [0.1, 0.15) is 24.6 Å². The molecular formula is C19H21N7O3. The van der Waals surface area contributed by atoms with Gasteiger partial charge in [-0.15, -0.1) is 5.10 Å². The minimum absolute atomic E-state index is 0.00979. The van der Waals surface area contributed by atoms with Crippen LogP contribution < -0.4 is 10.1 Å². The van der Waals surface area contributed by atoms with Gasteiger partial charge in [0.15, 0.2) is 0 Å². The van der Waals surface area contributed by atoms with Gasteiger partial charge in [-0.3, -0.25) is 4.68 Å². The Kier molecular flexibility index (Phi) is 4.54. The molecule has 10 heteroatoms. The van der Waals surface area contributed by atoms with Crippen LogP contribution in [0.2, 0.25) is 0 Å². The van der Waals surface area contributed by atoms with Crippen molar-refractivity contribution < 1.29 is 14.2 Å². The zero-order valence-corrected chi connectivity index (χ0v) is 16.0. The van der Waals surface area contributed by atoms with Gasteiger partial charge in [-0.2, -0.15) is 10.2 Å². The van der Waals surface area contributed by atoms with Crippen molar-refractivity contribution in [2.45, 2.75) is 25.0 Å². The Morgan fingerprint density at radius 3 is 2.93 bits per heavy atom. The van der Waals surface area contributed by atoms with E-state index in [1.54, 1.807) is 10.9 Å². The van der Waals surface area contributed by atoms with E-state index in [2.05, 4.69) is 21.5 Å². The summed E-state index contributed by atoms with van der Waals surface area (Å²) in [6.07, 6.45) is 5.47. The third kappa shape index (κ3) is 3.39. The van der Waals surface area contributed by atoms with E-state index in [9.17, 15) is 5.26 Å². The third-order valence-corrected chi connectivity index (χ3v) is 5.12. The average molecular weight is 395 g/mol. The Morgan fingerprint density at radius 1 is 1.31 bits per heavy atom. The predicted octanol–water partition coefficient (Wildman–Crippen LogP) is 1.91. The summed E-state index contributed by atoms with van der Waals surface area (Å²) < 4.78 is 20.3. The van der Waals surface area contributed by atoms with Crippen molar-refractivity contribution in [1.82, 2.24) is 24.3 Å². The largest absolute Gasteiger partial charge is 0.467 e. The molecule has 2 aliphatic rings. The van der Waals surface area contributed by atoms with Crippen LogP contribution in [-0.4, -0.2) is 56.8 Å². The number of hydrogen-bond acceptors (Lipinski definition) is 8. The fourth-order valence-electron chi connectivity index (χ4n) is 3.65. The van der Waals surface area contributed by atoms with Gasteiger partial charge in [0.25, 0.3) is 5.88 Å². The van der Waals surface area contributed by atoms with Gasteiger partial charge in [-0.1, -0.05) is 0 Å². The van der Waals surface area contributed by atoms with Gasteiger partial charge >= 0.3 is 0 Å². The van der Waals surface area contributed by atoms with Crippen LogP contribution in [0.3, 0.4) is 0 Å². The normalized spacial score (nSPS) is 19.7. The van der Waals surface area contributed by atoms with Gasteiger partial charge in [0.2, 0.25) is 5.95 Å². The van der Waals surface area contributed by atoms with Crippen molar-refractivity contribution in [3.05, 3.63) is 24.2 Å². The zero-order valence-electron chi connectivity index (χ0n) is 16.0. The number of hydrogen-bond donors (Lipinski definition) is 1. The molecule has 5 rings (SSSR count). The molecule has 29 heavy (non-hydrogen) atoms. The van der Waals surface area contributed by atoms with Crippen molar-refractivity contribution >= 4 is 22.7 Å². The maximum absolute atomic E-state index is 9.59.